The van der Waals surface area contributed by atoms with Gasteiger partial charge in [-0.1, -0.05) is 17.7 Å². The number of rotatable bonds is 5. The van der Waals surface area contributed by atoms with E-state index >= 15 is 0 Å². The first-order chi connectivity index (χ1) is 9.65. The molecule has 104 valence electrons. The van der Waals surface area contributed by atoms with Crippen LogP contribution < -0.4 is 10.7 Å². The highest BCUT2D eigenvalue weighted by atomic mass is 16.2. The highest BCUT2D eigenvalue weighted by Crippen LogP contribution is 2.15. The SMILES string of the molecule is Cc1ccc(NCC(=O)N/N=C/c2ccc[nH]2)c(C)c1. The van der Waals surface area contributed by atoms with Crippen LogP contribution in [-0.2, 0) is 4.79 Å². The smallest absolute Gasteiger partial charge is 0.259 e. The average Bonchev–Trinajstić information content (AvgIpc) is 2.91. The maximum atomic E-state index is 11.6. The summed E-state index contributed by atoms with van der Waals surface area (Å²) in [4.78, 5) is 14.6. The van der Waals surface area contributed by atoms with Crippen molar-refractivity contribution in [1.82, 2.24) is 10.4 Å². The van der Waals surface area contributed by atoms with Crippen LogP contribution in [0.15, 0.2) is 41.6 Å². The molecule has 0 aliphatic heterocycles. The van der Waals surface area contributed by atoms with E-state index in [-0.39, 0.29) is 12.5 Å². The maximum absolute atomic E-state index is 11.6. The van der Waals surface area contributed by atoms with Crippen molar-refractivity contribution < 1.29 is 4.79 Å². The van der Waals surface area contributed by atoms with Gasteiger partial charge in [-0.3, -0.25) is 4.79 Å². The molecule has 1 amide bonds. The second kappa shape index (κ2) is 6.56. The Bertz CT molecular complexity index is 602. The number of carbonyl (C=O) groups is 1. The minimum absolute atomic E-state index is 0.186. The van der Waals surface area contributed by atoms with Crippen molar-refractivity contribution in [2.45, 2.75) is 13.8 Å². The number of hydrazone groups is 1. The Hall–Kier alpha value is -2.56. The first kappa shape index (κ1) is 13.9. The van der Waals surface area contributed by atoms with Crippen molar-refractivity contribution in [3.8, 4) is 0 Å². The second-order valence-electron chi connectivity index (χ2n) is 4.59. The summed E-state index contributed by atoms with van der Waals surface area (Å²) in [6, 6.07) is 9.79. The largest absolute Gasteiger partial charge is 0.376 e. The lowest BCUT2D eigenvalue weighted by Crippen LogP contribution is -2.26. The molecular formula is C15H18N4O. The molecule has 1 aromatic heterocycles. The van der Waals surface area contributed by atoms with Crippen LogP contribution >= 0.6 is 0 Å². The molecule has 5 nitrogen and oxygen atoms in total. The minimum Gasteiger partial charge on any atom is -0.376 e. The van der Waals surface area contributed by atoms with E-state index < -0.39 is 0 Å². The van der Waals surface area contributed by atoms with E-state index in [9.17, 15) is 4.79 Å². The summed E-state index contributed by atoms with van der Waals surface area (Å²) >= 11 is 0. The summed E-state index contributed by atoms with van der Waals surface area (Å²) in [6.07, 6.45) is 3.36. The van der Waals surface area contributed by atoms with Crippen molar-refractivity contribution in [1.29, 1.82) is 0 Å². The predicted molar refractivity (Wildman–Crippen MR) is 80.9 cm³/mol. The number of aryl methyl sites for hydroxylation is 2. The van der Waals surface area contributed by atoms with Gasteiger partial charge in [0.15, 0.2) is 0 Å². The zero-order valence-electron chi connectivity index (χ0n) is 11.6. The number of hydrogen-bond donors (Lipinski definition) is 3. The van der Waals surface area contributed by atoms with Crippen molar-refractivity contribution in [2.75, 3.05) is 11.9 Å². The van der Waals surface area contributed by atoms with Gasteiger partial charge in [0.25, 0.3) is 5.91 Å². The van der Waals surface area contributed by atoms with Gasteiger partial charge in [-0.15, -0.1) is 0 Å². The zero-order chi connectivity index (χ0) is 14.4. The van der Waals surface area contributed by atoms with Gasteiger partial charge in [-0.05, 0) is 37.6 Å². The van der Waals surface area contributed by atoms with Crippen molar-refractivity contribution in [3.63, 3.8) is 0 Å². The van der Waals surface area contributed by atoms with Crippen LogP contribution in [-0.4, -0.2) is 23.7 Å². The lowest BCUT2D eigenvalue weighted by Gasteiger charge is -2.09. The molecule has 0 fully saturated rings. The second-order valence-corrected chi connectivity index (χ2v) is 4.59. The number of amides is 1. The van der Waals surface area contributed by atoms with Crippen LogP contribution in [0.3, 0.4) is 0 Å². The Morgan fingerprint density at radius 1 is 1.35 bits per heavy atom. The highest BCUT2D eigenvalue weighted by molar-refractivity contribution is 5.83. The fourth-order valence-corrected chi connectivity index (χ4v) is 1.83. The molecule has 0 saturated heterocycles. The third-order valence-electron chi connectivity index (χ3n) is 2.84. The minimum atomic E-state index is -0.187. The lowest BCUT2D eigenvalue weighted by molar-refractivity contribution is -0.119. The van der Waals surface area contributed by atoms with Gasteiger partial charge in [0.05, 0.1) is 18.5 Å². The molecule has 2 rings (SSSR count). The maximum Gasteiger partial charge on any atom is 0.259 e. The van der Waals surface area contributed by atoms with Gasteiger partial charge in [-0.2, -0.15) is 5.10 Å². The Morgan fingerprint density at radius 2 is 2.20 bits per heavy atom. The fourth-order valence-electron chi connectivity index (χ4n) is 1.83. The summed E-state index contributed by atoms with van der Waals surface area (Å²) in [6.45, 7) is 4.24. The number of aromatic amines is 1. The van der Waals surface area contributed by atoms with Crippen LogP contribution in [0.2, 0.25) is 0 Å². The lowest BCUT2D eigenvalue weighted by atomic mass is 10.1. The zero-order valence-corrected chi connectivity index (χ0v) is 11.6. The summed E-state index contributed by atoms with van der Waals surface area (Å²) < 4.78 is 0. The first-order valence-electron chi connectivity index (χ1n) is 6.41. The molecule has 0 bridgehead atoms. The predicted octanol–water partition coefficient (Wildman–Crippen LogP) is 2.19. The Labute approximate surface area is 118 Å². The molecule has 0 atom stereocenters. The number of anilines is 1. The number of H-pyrrole nitrogens is 1. The number of carbonyl (C=O) groups excluding carboxylic acids is 1. The molecule has 0 saturated carbocycles. The molecule has 1 heterocycles. The molecule has 5 heteroatoms. The molecule has 0 aliphatic carbocycles. The highest BCUT2D eigenvalue weighted by Gasteiger charge is 2.02. The van der Waals surface area contributed by atoms with Gasteiger partial charge in [0.1, 0.15) is 0 Å². The third kappa shape index (κ3) is 3.98. The van der Waals surface area contributed by atoms with Crippen molar-refractivity contribution >= 4 is 17.8 Å². The molecule has 0 radical (unpaired) electrons. The fraction of sp³-hybridized carbons (Fsp3) is 0.200. The van der Waals surface area contributed by atoms with Crippen LogP contribution in [0, 0.1) is 13.8 Å². The van der Waals surface area contributed by atoms with E-state index in [2.05, 4.69) is 26.9 Å². The van der Waals surface area contributed by atoms with Gasteiger partial charge in [-0.25, -0.2) is 5.43 Å². The number of aromatic nitrogens is 1. The van der Waals surface area contributed by atoms with E-state index in [0.717, 1.165) is 16.9 Å². The van der Waals surface area contributed by atoms with E-state index in [4.69, 9.17) is 0 Å². The summed E-state index contributed by atoms with van der Waals surface area (Å²) in [7, 11) is 0. The molecule has 0 unspecified atom stereocenters. The molecule has 0 spiro atoms. The molecule has 20 heavy (non-hydrogen) atoms. The number of hydrogen-bond acceptors (Lipinski definition) is 3. The Balaban J connectivity index is 1.80. The summed E-state index contributed by atoms with van der Waals surface area (Å²) in [5, 5.41) is 6.96. The summed E-state index contributed by atoms with van der Waals surface area (Å²) in [5.41, 5.74) is 6.59. The Kier molecular flexibility index (Phi) is 4.55. The van der Waals surface area contributed by atoms with E-state index in [1.165, 1.54) is 5.56 Å². The van der Waals surface area contributed by atoms with Crippen molar-refractivity contribution in [2.24, 2.45) is 5.10 Å². The Morgan fingerprint density at radius 3 is 2.90 bits per heavy atom. The van der Waals surface area contributed by atoms with E-state index in [1.54, 1.807) is 12.4 Å². The molecule has 1 aromatic carbocycles. The molecule has 0 aliphatic rings. The third-order valence-corrected chi connectivity index (χ3v) is 2.84. The van der Waals surface area contributed by atoms with E-state index in [1.807, 2.05) is 38.1 Å². The number of benzene rings is 1. The number of nitrogens with zero attached hydrogens (tertiary/aromatic N) is 1. The molecule has 2 aromatic rings. The summed E-state index contributed by atoms with van der Waals surface area (Å²) in [5.74, 6) is -0.187. The van der Waals surface area contributed by atoms with Crippen LogP contribution in [0.1, 0.15) is 16.8 Å². The van der Waals surface area contributed by atoms with E-state index in [0.29, 0.717) is 0 Å². The normalized spacial score (nSPS) is 10.7. The first-order valence-corrected chi connectivity index (χ1v) is 6.41. The van der Waals surface area contributed by atoms with Crippen LogP contribution in [0.5, 0.6) is 0 Å². The topological polar surface area (TPSA) is 69.3 Å². The van der Waals surface area contributed by atoms with Gasteiger partial charge in [0, 0.05) is 11.9 Å². The standard InChI is InChI=1S/C15H18N4O/c1-11-5-6-14(12(2)8-11)17-10-15(20)19-18-9-13-4-3-7-16-13/h3-9,16-17H,10H2,1-2H3,(H,19,20)/b18-9+. The van der Waals surface area contributed by atoms with Gasteiger partial charge in [0.2, 0.25) is 0 Å². The van der Waals surface area contributed by atoms with Gasteiger partial charge < -0.3 is 10.3 Å². The molecular weight excluding hydrogens is 252 g/mol. The van der Waals surface area contributed by atoms with Crippen LogP contribution in [0.4, 0.5) is 5.69 Å². The number of nitrogens with one attached hydrogen (secondary N) is 3. The van der Waals surface area contributed by atoms with Crippen molar-refractivity contribution in [3.05, 3.63) is 53.3 Å². The van der Waals surface area contributed by atoms with Crippen LogP contribution in [0.25, 0.3) is 0 Å². The molecule has 3 N–H and O–H groups in total. The quantitative estimate of drug-likeness (QED) is 0.576. The van der Waals surface area contributed by atoms with Gasteiger partial charge >= 0.3 is 0 Å². The average molecular weight is 270 g/mol. The monoisotopic (exact) mass is 270 g/mol.